The van der Waals surface area contributed by atoms with Crippen LogP contribution in [0.15, 0.2) is 65.6 Å². The number of benzene rings is 2. The van der Waals surface area contributed by atoms with E-state index in [4.69, 9.17) is 0 Å². The molecule has 0 fully saturated rings. The highest BCUT2D eigenvalue weighted by Crippen LogP contribution is 2.17. The highest BCUT2D eigenvalue weighted by molar-refractivity contribution is 6.10. The van der Waals surface area contributed by atoms with Crippen LogP contribution in [0.2, 0.25) is 0 Å². The molecule has 166 valence electrons. The van der Waals surface area contributed by atoms with Crippen molar-refractivity contribution < 1.29 is 18.4 Å². The van der Waals surface area contributed by atoms with Crippen molar-refractivity contribution in [3.63, 3.8) is 0 Å². The summed E-state index contributed by atoms with van der Waals surface area (Å²) in [5, 5.41) is 2.55. The van der Waals surface area contributed by atoms with Crippen LogP contribution in [0.25, 0.3) is 11.0 Å². The second kappa shape index (κ2) is 8.74. The highest BCUT2D eigenvalue weighted by Gasteiger charge is 2.19. The number of carbonyl (C=O) groups is 2. The minimum Gasteiger partial charge on any atom is -0.322 e. The minimum absolute atomic E-state index is 0.113. The van der Waals surface area contributed by atoms with E-state index in [0.717, 1.165) is 17.7 Å². The standard InChI is InChI=1S/C25H19F2N3O3/c1-14-3-6-16(7-4-14)23(32)19-12-30(25-18(24(19)33)9-5-15(2)28-25)13-22(31)29-21-10-8-17(26)11-20(21)27/h3-12H,13H2,1-2H3,(H,29,31). The second-order valence-corrected chi connectivity index (χ2v) is 7.69. The molecule has 4 rings (SSSR count). The Labute approximate surface area is 187 Å². The van der Waals surface area contributed by atoms with Gasteiger partial charge in [0.05, 0.1) is 16.6 Å². The summed E-state index contributed by atoms with van der Waals surface area (Å²) in [5.41, 5.74) is 1.33. The molecule has 0 aliphatic heterocycles. The zero-order chi connectivity index (χ0) is 23.7. The Morgan fingerprint density at radius 1 is 1.00 bits per heavy atom. The maximum absolute atomic E-state index is 13.9. The maximum Gasteiger partial charge on any atom is 0.244 e. The molecule has 0 bridgehead atoms. The van der Waals surface area contributed by atoms with Crippen LogP contribution in [0.5, 0.6) is 0 Å². The first kappa shape index (κ1) is 22.0. The molecule has 0 aliphatic rings. The molecule has 0 spiro atoms. The largest absolute Gasteiger partial charge is 0.322 e. The van der Waals surface area contributed by atoms with Gasteiger partial charge in [0.1, 0.15) is 23.8 Å². The summed E-state index contributed by atoms with van der Waals surface area (Å²) in [4.78, 5) is 43.1. The number of nitrogens with one attached hydrogen (secondary N) is 1. The molecule has 8 heteroatoms. The van der Waals surface area contributed by atoms with Gasteiger partial charge in [-0.05, 0) is 38.1 Å². The number of rotatable bonds is 5. The van der Waals surface area contributed by atoms with Crippen molar-refractivity contribution in [2.24, 2.45) is 0 Å². The average Bonchev–Trinajstić information content (AvgIpc) is 2.77. The number of fused-ring (bicyclic) bond motifs is 1. The fourth-order valence-corrected chi connectivity index (χ4v) is 3.44. The van der Waals surface area contributed by atoms with Crippen molar-refractivity contribution in [1.82, 2.24) is 9.55 Å². The van der Waals surface area contributed by atoms with Gasteiger partial charge in [0.15, 0.2) is 5.78 Å². The predicted molar refractivity (Wildman–Crippen MR) is 120 cm³/mol. The van der Waals surface area contributed by atoms with Crippen molar-refractivity contribution in [2.45, 2.75) is 20.4 Å². The lowest BCUT2D eigenvalue weighted by atomic mass is 10.0. The number of anilines is 1. The molecule has 1 N–H and O–H groups in total. The molecular formula is C25H19F2N3O3. The quantitative estimate of drug-likeness (QED) is 0.466. The van der Waals surface area contributed by atoms with E-state index in [1.54, 1.807) is 43.3 Å². The zero-order valence-corrected chi connectivity index (χ0v) is 17.9. The summed E-state index contributed by atoms with van der Waals surface area (Å²) in [6.45, 7) is 3.26. The summed E-state index contributed by atoms with van der Waals surface area (Å²) in [5.74, 6) is -2.81. The monoisotopic (exact) mass is 447 g/mol. The summed E-state index contributed by atoms with van der Waals surface area (Å²) < 4.78 is 28.4. The Balaban J connectivity index is 1.76. The van der Waals surface area contributed by atoms with Gasteiger partial charge >= 0.3 is 0 Å². The SMILES string of the molecule is Cc1ccc(C(=O)c2cn(CC(=O)Nc3ccc(F)cc3F)c3nc(C)ccc3c2=O)cc1. The molecule has 0 radical (unpaired) electrons. The maximum atomic E-state index is 13.9. The number of aromatic nitrogens is 2. The van der Waals surface area contributed by atoms with Crippen LogP contribution in [0.4, 0.5) is 14.5 Å². The van der Waals surface area contributed by atoms with Crippen LogP contribution in [0.3, 0.4) is 0 Å². The number of nitrogens with zero attached hydrogens (tertiary/aromatic N) is 2. The Kier molecular flexibility index (Phi) is 5.83. The van der Waals surface area contributed by atoms with E-state index in [9.17, 15) is 23.2 Å². The molecular weight excluding hydrogens is 428 g/mol. The van der Waals surface area contributed by atoms with Gasteiger partial charge in [0.2, 0.25) is 11.3 Å². The van der Waals surface area contributed by atoms with E-state index in [1.165, 1.54) is 10.8 Å². The lowest BCUT2D eigenvalue weighted by Gasteiger charge is -2.13. The summed E-state index contributed by atoms with van der Waals surface area (Å²) in [6.07, 6.45) is 1.29. The van der Waals surface area contributed by atoms with Gasteiger partial charge in [-0.15, -0.1) is 0 Å². The van der Waals surface area contributed by atoms with E-state index in [1.807, 2.05) is 6.92 Å². The molecule has 0 unspecified atom stereocenters. The molecule has 33 heavy (non-hydrogen) atoms. The number of ketones is 1. The van der Waals surface area contributed by atoms with Gasteiger partial charge in [-0.25, -0.2) is 13.8 Å². The number of carbonyl (C=O) groups excluding carboxylic acids is 2. The molecule has 0 atom stereocenters. The molecule has 6 nitrogen and oxygen atoms in total. The number of hydrogen-bond donors (Lipinski definition) is 1. The van der Waals surface area contributed by atoms with Crippen LogP contribution in [0, 0.1) is 25.5 Å². The number of halogens is 2. The third kappa shape index (κ3) is 4.55. The van der Waals surface area contributed by atoms with Gasteiger partial charge in [-0.3, -0.25) is 14.4 Å². The molecule has 0 saturated heterocycles. The first-order valence-electron chi connectivity index (χ1n) is 10.1. The lowest BCUT2D eigenvalue weighted by molar-refractivity contribution is -0.116. The Morgan fingerprint density at radius 3 is 2.42 bits per heavy atom. The summed E-state index contributed by atoms with van der Waals surface area (Å²) >= 11 is 0. The second-order valence-electron chi connectivity index (χ2n) is 7.69. The van der Waals surface area contributed by atoms with E-state index in [2.05, 4.69) is 10.3 Å². The van der Waals surface area contributed by atoms with Crippen molar-refractivity contribution in [1.29, 1.82) is 0 Å². The van der Waals surface area contributed by atoms with Gasteiger partial charge in [0.25, 0.3) is 0 Å². The zero-order valence-electron chi connectivity index (χ0n) is 17.9. The van der Waals surface area contributed by atoms with Crippen molar-refractivity contribution in [3.8, 4) is 0 Å². The van der Waals surface area contributed by atoms with Crippen LogP contribution in [0.1, 0.15) is 27.2 Å². The van der Waals surface area contributed by atoms with Crippen LogP contribution in [-0.2, 0) is 11.3 Å². The fourth-order valence-electron chi connectivity index (χ4n) is 3.44. The van der Waals surface area contributed by atoms with Gasteiger partial charge < -0.3 is 9.88 Å². The first-order chi connectivity index (χ1) is 15.7. The van der Waals surface area contributed by atoms with Gasteiger partial charge in [-0.1, -0.05) is 29.8 Å². The number of pyridine rings is 2. The number of hydrogen-bond acceptors (Lipinski definition) is 4. The van der Waals surface area contributed by atoms with E-state index in [0.29, 0.717) is 17.3 Å². The molecule has 2 aromatic heterocycles. The first-order valence-corrected chi connectivity index (χ1v) is 10.1. The van der Waals surface area contributed by atoms with Crippen LogP contribution in [-0.4, -0.2) is 21.2 Å². The topological polar surface area (TPSA) is 81.1 Å². The average molecular weight is 447 g/mol. The third-order valence-electron chi connectivity index (χ3n) is 5.14. The minimum atomic E-state index is -0.919. The van der Waals surface area contributed by atoms with Crippen molar-refractivity contribution >= 4 is 28.4 Å². The van der Waals surface area contributed by atoms with Crippen LogP contribution >= 0.6 is 0 Å². The highest BCUT2D eigenvalue weighted by atomic mass is 19.1. The number of amides is 1. The predicted octanol–water partition coefficient (Wildman–Crippen LogP) is 4.16. The van der Waals surface area contributed by atoms with Crippen LogP contribution < -0.4 is 10.7 Å². The molecule has 1 amide bonds. The smallest absolute Gasteiger partial charge is 0.244 e. The molecule has 2 heterocycles. The Morgan fingerprint density at radius 2 is 1.73 bits per heavy atom. The molecule has 0 aliphatic carbocycles. The third-order valence-corrected chi connectivity index (χ3v) is 5.14. The lowest BCUT2D eigenvalue weighted by Crippen LogP contribution is -2.25. The molecule has 0 saturated carbocycles. The Bertz CT molecular complexity index is 1460. The number of aryl methyl sites for hydroxylation is 2. The normalized spacial score (nSPS) is 10.9. The van der Waals surface area contributed by atoms with E-state index in [-0.39, 0.29) is 28.8 Å². The molecule has 2 aromatic carbocycles. The van der Waals surface area contributed by atoms with E-state index >= 15 is 0 Å². The van der Waals surface area contributed by atoms with Crippen molar-refractivity contribution in [2.75, 3.05) is 5.32 Å². The van der Waals surface area contributed by atoms with Gasteiger partial charge in [0, 0.05) is 23.5 Å². The van der Waals surface area contributed by atoms with Gasteiger partial charge in [-0.2, -0.15) is 0 Å². The van der Waals surface area contributed by atoms with E-state index < -0.39 is 28.8 Å². The molecule has 4 aromatic rings. The Hall–Kier alpha value is -4.20. The summed E-state index contributed by atoms with van der Waals surface area (Å²) in [7, 11) is 0. The van der Waals surface area contributed by atoms with Crippen molar-refractivity contribution in [3.05, 3.63) is 105 Å². The fraction of sp³-hybridized carbons (Fsp3) is 0.120. The summed E-state index contributed by atoms with van der Waals surface area (Å²) in [6, 6.07) is 12.8.